The van der Waals surface area contributed by atoms with Crippen molar-refractivity contribution >= 4 is 46.4 Å². The number of benzene rings is 2. The Balaban J connectivity index is 1.79. The number of halogens is 2. The van der Waals surface area contributed by atoms with Crippen molar-refractivity contribution in [2.24, 2.45) is 0 Å². The van der Waals surface area contributed by atoms with Gasteiger partial charge in [0.05, 0.1) is 0 Å². The standard InChI is InChI=1S/C19H20Cl2N2O2/c1-12-6-8-14(20)10-16(12)22-18(24)4-3-5-19(25)23-17-11-15(21)9-7-13(17)2/h6-11H,3-5H2,1-2H3,(H,22,24)(H,23,25). The molecule has 2 aromatic carbocycles. The lowest BCUT2D eigenvalue weighted by Gasteiger charge is -2.10. The molecule has 2 aromatic rings. The van der Waals surface area contributed by atoms with Crippen molar-refractivity contribution in [3.8, 4) is 0 Å². The molecule has 132 valence electrons. The van der Waals surface area contributed by atoms with Gasteiger partial charge in [-0.15, -0.1) is 0 Å². The molecule has 0 spiro atoms. The third kappa shape index (κ3) is 6.07. The van der Waals surface area contributed by atoms with Gasteiger partial charge in [0, 0.05) is 34.3 Å². The van der Waals surface area contributed by atoms with E-state index < -0.39 is 0 Å². The van der Waals surface area contributed by atoms with Crippen molar-refractivity contribution in [3.05, 3.63) is 57.6 Å². The van der Waals surface area contributed by atoms with Gasteiger partial charge in [-0.25, -0.2) is 0 Å². The number of amides is 2. The lowest BCUT2D eigenvalue weighted by molar-refractivity contribution is -0.117. The van der Waals surface area contributed by atoms with Crippen molar-refractivity contribution < 1.29 is 9.59 Å². The monoisotopic (exact) mass is 378 g/mol. The van der Waals surface area contributed by atoms with E-state index in [2.05, 4.69) is 10.6 Å². The third-order valence-electron chi connectivity index (χ3n) is 3.76. The number of aryl methyl sites for hydroxylation is 2. The second-order valence-corrected chi connectivity index (χ2v) is 6.74. The van der Waals surface area contributed by atoms with E-state index in [1.165, 1.54) is 0 Å². The predicted octanol–water partition coefficient (Wildman–Crippen LogP) is 5.36. The van der Waals surface area contributed by atoms with Crippen LogP contribution in [0.2, 0.25) is 10.0 Å². The van der Waals surface area contributed by atoms with E-state index in [1.54, 1.807) is 24.3 Å². The zero-order valence-electron chi connectivity index (χ0n) is 14.2. The molecule has 0 saturated carbocycles. The zero-order valence-corrected chi connectivity index (χ0v) is 15.7. The Morgan fingerprint density at radius 3 is 1.60 bits per heavy atom. The first-order valence-corrected chi connectivity index (χ1v) is 8.73. The Hall–Kier alpha value is -2.04. The molecule has 4 nitrogen and oxygen atoms in total. The van der Waals surface area contributed by atoms with Gasteiger partial charge < -0.3 is 10.6 Å². The maximum atomic E-state index is 12.0. The molecule has 0 fully saturated rings. The van der Waals surface area contributed by atoms with E-state index in [9.17, 15) is 9.59 Å². The van der Waals surface area contributed by atoms with Crippen molar-refractivity contribution in [1.82, 2.24) is 0 Å². The number of carbonyl (C=O) groups is 2. The SMILES string of the molecule is Cc1ccc(Cl)cc1NC(=O)CCCC(=O)Nc1cc(Cl)ccc1C. The van der Waals surface area contributed by atoms with Crippen LogP contribution in [0.4, 0.5) is 11.4 Å². The van der Waals surface area contributed by atoms with Gasteiger partial charge in [0.25, 0.3) is 0 Å². The van der Waals surface area contributed by atoms with E-state index >= 15 is 0 Å². The molecule has 0 atom stereocenters. The van der Waals surface area contributed by atoms with Gasteiger partial charge in [-0.1, -0.05) is 35.3 Å². The van der Waals surface area contributed by atoms with Crippen LogP contribution < -0.4 is 10.6 Å². The maximum Gasteiger partial charge on any atom is 0.224 e. The first-order chi connectivity index (χ1) is 11.8. The number of hydrogen-bond donors (Lipinski definition) is 2. The number of carbonyl (C=O) groups excluding carboxylic acids is 2. The highest BCUT2D eigenvalue weighted by Gasteiger charge is 2.09. The normalized spacial score (nSPS) is 10.4. The summed E-state index contributed by atoms with van der Waals surface area (Å²) in [5, 5.41) is 6.77. The van der Waals surface area contributed by atoms with Crippen molar-refractivity contribution in [1.29, 1.82) is 0 Å². The van der Waals surface area contributed by atoms with Gasteiger partial charge in [0.1, 0.15) is 0 Å². The minimum absolute atomic E-state index is 0.142. The average molecular weight is 379 g/mol. The van der Waals surface area contributed by atoms with Crippen LogP contribution in [-0.2, 0) is 9.59 Å². The first kappa shape index (κ1) is 19.3. The quantitative estimate of drug-likeness (QED) is 0.710. The number of nitrogens with one attached hydrogen (secondary N) is 2. The van der Waals surface area contributed by atoms with E-state index in [-0.39, 0.29) is 24.7 Å². The summed E-state index contributed by atoms with van der Waals surface area (Å²) in [4.78, 5) is 24.0. The molecule has 2 rings (SSSR count). The van der Waals surface area contributed by atoms with Gasteiger partial charge in [0.15, 0.2) is 0 Å². The first-order valence-electron chi connectivity index (χ1n) is 7.97. The summed E-state index contributed by atoms with van der Waals surface area (Å²) in [6.45, 7) is 3.79. The highest BCUT2D eigenvalue weighted by molar-refractivity contribution is 6.31. The fourth-order valence-corrected chi connectivity index (χ4v) is 2.64. The van der Waals surface area contributed by atoms with E-state index in [4.69, 9.17) is 23.2 Å². The lowest BCUT2D eigenvalue weighted by Crippen LogP contribution is -2.15. The summed E-state index contributed by atoms with van der Waals surface area (Å²) < 4.78 is 0. The molecular weight excluding hydrogens is 359 g/mol. The van der Waals surface area contributed by atoms with Crippen LogP contribution in [0.15, 0.2) is 36.4 Å². The van der Waals surface area contributed by atoms with E-state index in [0.29, 0.717) is 27.8 Å². The average Bonchev–Trinajstić information content (AvgIpc) is 2.54. The Labute approximate surface area is 157 Å². The Morgan fingerprint density at radius 2 is 1.20 bits per heavy atom. The van der Waals surface area contributed by atoms with Gasteiger partial charge in [-0.05, 0) is 55.7 Å². The summed E-state index contributed by atoms with van der Waals surface area (Å²) in [5.74, 6) is -0.283. The molecule has 0 aliphatic heterocycles. The van der Waals surface area contributed by atoms with E-state index in [1.807, 2.05) is 26.0 Å². The molecule has 0 aromatic heterocycles. The van der Waals surface area contributed by atoms with Crippen LogP contribution in [0.1, 0.15) is 30.4 Å². The molecule has 0 radical (unpaired) electrons. The van der Waals surface area contributed by atoms with Gasteiger partial charge in [0.2, 0.25) is 11.8 Å². The van der Waals surface area contributed by atoms with E-state index in [0.717, 1.165) is 11.1 Å². The molecule has 25 heavy (non-hydrogen) atoms. The van der Waals surface area contributed by atoms with Crippen molar-refractivity contribution in [2.75, 3.05) is 10.6 Å². The highest BCUT2D eigenvalue weighted by atomic mass is 35.5. The van der Waals surface area contributed by atoms with Crippen molar-refractivity contribution in [3.63, 3.8) is 0 Å². The summed E-state index contributed by atoms with van der Waals surface area (Å²) in [6.07, 6.45) is 0.971. The molecule has 0 heterocycles. The molecule has 0 unspecified atom stereocenters. The second-order valence-electron chi connectivity index (χ2n) is 5.87. The Kier molecular flexibility index (Phi) is 6.85. The van der Waals surface area contributed by atoms with Crippen LogP contribution in [0.5, 0.6) is 0 Å². The van der Waals surface area contributed by atoms with Gasteiger partial charge in [-0.3, -0.25) is 9.59 Å². The van der Waals surface area contributed by atoms with Crippen LogP contribution in [-0.4, -0.2) is 11.8 Å². The fraction of sp³-hybridized carbons (Fsp3) is 0.263. The largest absolute Gasteiger partial charge is 0.326 e. The summed E-state index contributed by atoms with van der Waals surface area (Å²) in [7, 11) is 0. The molecule has 0 aliphatic carbocycles. The summed E-state index contributed by atoms with van der Waals surface area (Å²) >= 11 is 11.9. The molecule has 0 bridgehead atoms. The van der Waals surface area contributed by atoms with Crippen LogP contribution in [0.3, 0.4) is 0 Å². The molecule has 0 aliphatic rings. The molecule has 6 heteroatoms. The molecule has 0 saturated heterocycles. The fourth-order valence-electron chi connectivity index (χ4n) is 2.29. The maximum absolute atomic E-state index is 12.0. The van der Waals surface area contributed by atoms with Crippen LogP contribution >= 0.6 is 23.2 Å². The van der Waals surface area contributed by atoms with Crippen LogP contribution in [0.25, 0.3) is 0 Å². The number of hydrogen-bond acceptors (Lipinski definition) is 2. The summed E-state index contributed by atoms with van der Waals surface area (Å²) in [5.41, 5.74) is 3.26. The molecule has 2 N–H and O–H groups in total. The minimum Gasteiger partial charge on any atom is -0.326 e. The third-order valence-corrected chi connectivity index (χ3v) is 4.23. The highest BCUT2D eigenvalue weighted by Crippen LogP contribution is 2.21. The van der Waals surface area contributed by atoms with Crippen LogP contribution in [0, 0.1) is 13.8 Å². The Morgan fingerprint density at radius 1 is 0.800 bits per heavy atom. The number of rotatable bonds is 6. The lowest BCUT2D eigenvalue weighted by atomic mass is 10.1. The van der Waals surface area contributed by atoms with Gasteiger partial charge >= 0.3 is 0 Å². The molecular formula is C19H20Cl2N2O2. The topological polar surface area (TPSA) is 58.2 Å². The summed E-state index contributed by atoms with van der Waals surface area (Å²) in [6, 6.07) is 10.7. The number of anilines is 2. The smallest absolute Gasteiger partial charge is 0.224 e. The second kappa shape index (κ2) is 8.88. The van der Waals surface area contributed by atoms with Gasteiger partial charge in [-0.2, -0.15) is 0 Å². The Bertz CT molecular complexity index is 725. The predicted molar refractivity (Wildman–Crippen MR) is 103 cm³/mol. The van der Waals surface area contributed by atoms with Crippen molar-refractivity contribution in [2.45, 2.75) is 33.1 Å². The zero-order chi connectivity index (χ0) is 18.4. The minimum atomic E-state index is -0.142. The molecule has 2 amide bonds.